The fourth-order valence-corrected chi connectivity index (χ4v) is 2.00. The van der Waals surface area contributed by atoms with E-state index in [-0.39, 0.29) is 0 Å². The normalized spacial score (nSPS) is 11.9. The van der Waals surface area contributed by atoms with Gasteiger partial charge in [-0.2, -0.15) is 5.10 Å². The van der Waals surface area contributed by atoms with Crippen LogP contribution in [-0.2, 0) is 6.42 Å². The predicted octanol–water partition coefficient (Wildman–Crippen LogP) is 2.72. The van der Waals surface area contributed by atoms with Gasteiger partial charge in [-0.15, -0.1) is 0 Å². The molecule has 1 aromatic carbocycles. The maximum absolute atomic E-state index is 4.44. The summed E-state index contributed by atoms with van der Waals surface area (Å²) in [7, 11) is 4.22. The predicted molar refractivity (Wildman–Crippen MR) is 72.4 cm³/mol. The van der Waals surface area contributed by atoms with Crippen LogP contribution in [0.15, 0.2) is 24.4 Å². The minimum Gasteiger partial charge on any atom is -0.309 e. The first kappa shape index (κ1) is 12.1. The molecule has 0 spiro atoms. The number of benzene rings is 1. The van der Waals surface area contributed by atoms with Crippen molar-refractivity contribution in [2.75, 3.05) is 20.6 Å². The summed E-state index contributed by atoms with van der Waals surface area (Å²) in [6.45, 7) is 5.42. The molecule has 1 heterocycles. The van der Waals surface area contributed by atoms with E-state index in [2.05, 4.69) is 60.8 Å². The van der Waals surface area contributed by atoms with Crippen molar-refractivity contribution in [1.82, 2.24) is 14.7 Å². The SMILES string of the molecule is CC(C)n1ncc2ccc(CCN(C)C)cc21. The van der Waals surface area contributed by atoms with Crippen molar-refractivity contribution in [1.29, 1.82) is 0 Å². The van der Waals surface area contributed by atoms with E-state index in [9.17, 15) is 0 Å². The number of nitrogens with zero attached hydrogens (tertiary/aromatic N) is 3. The third kappa shape index (κ3) is 2.67. The summed E-state index contributed by atoms with van der Waals surface area (Å²) < 4.78 is 2.09. The van der Waals surface area contributed by atoms with Gasteiger partial charge in [0.1, 0.15) is 0 Å². The lowest BCUT2D eigenvalue weighted by atomic mass is 10.1. The molecule has 0 amide bonds. The average molecular weight is 231 g/mol. The van der Waals surface area contributed by atoms with Crippen molar-refractivity contribution < 1.29 is 0 Å². The third-order valence-electron chi connectivity index (χ3n) is 3.00. The van der Waals surface area contributed by atoms with Crippen LogP contribution in [0.4, 0.5) is 0 Å². The molecular formula is C14H21N3. The summed E-state index contributed by atoms with van der Waals surface area (Å²) in [5.41, 5.74) is 2.63. The molecular weight excluding hydrogens is 210 g/mol. The van der Waals surface area contributed by atoms with Crippen LogP contribution in [0.1, 0.15) is 25.5 Å². The van der Waals surface area contributed by atoms with Crippen LogP contribution < -0.4 is 0 Å². The first-order valence-electron chi connectivity index (χ1n) is 6.19. The van der Waals surface area contributed by atoms with Crippen LogP contribution >= 0.6 is 0 Å². The maximum atomic E-state index is 4.44. The lowest BCUT2D eigenvalue weighted by Crippen LogP contribution is -2.15. The van der Waals surface area contributed by atoms with Gasteiger partial charge in [0.25, 0.3) is 0 Å². The molecule has 0 aliphatic rings. The van der Waals surface area contributed by atoms with Crippen molar-refractivity contribution in [2.24, 2.45) is 0 Å². The van der Waals surface area contributed by atoms with Crippen LogP contribution in [-0.4, -0.2) is 35.3 Å². The average Bonchev–Trinajstić information content (AvgIpc) is 2.69. The zero-order valence-corrected chi connectivity index (χ0v) is 11.1. The van der Waals surface area contributed by atoms with Crippen LogP contribution in [0, 0.1) is 0 Å². The number of aromatic nitrogens is 2. The fraction of sp³-hybridized carbons (Fsp3) is 0.500. The summed E-state index contributed by atoms with van der Waals surface area (Å²) in [5, 5.41) is 5.67. The molecule has 0 radical (unpaired) electrons. The molecule has 0 bridgehead atoms. The van der Waals surface area contributed by atoms with Crippen molar-refractivity contribution in [2.45, 2.75) is 26.3 Å². The first-order chi connectivity index (χ1) is 8.08. The van der Waals surface area contributed by atoms with E-state index < -0.39 is 0 Å². The summed E-state index contributed by atoms with van der Waals surface area (Å²) in [4.78, 5) is 2.21. The Morgan fingerprint density at radius 1 is 1.29 bits per heavy atom. The van der Waals surface area contributed by atoms with Crippen LogP contribution in [0.5, 0.6) is 0 Å². The second-order valence-corrected chi connectivity index (χ2v) is 5.13. The Bertz CT molecular complexity index is 497. The Labute approximate surface area is 103 Å². The number of hydrogen-bond acceptors (Lipinski definition) is 2. The molecule has 92 valence electrons. The molecule has 0 N–H and O–H groups in total. The van der Waals surface area contributed by atoms with Gasteiger partial charge >= 0.3 is 0 Å². The van der Waals surface area contributed by atoms with E-state index in [4.69, 9.17) is 0 Å². The third-order valence-corrected chi connectivity index (χ3v) is 3.00. The Balaban J connectivity index is 2.31. The van der Waals surface area contributed by atoms with Crippen molar-refractivity contribution in [3.8, 4) is 0 Å². The highest BCUT2D eigenvalue weighted by Gasteiger charge is 2.06. The minimum absolute atomic E-state index is 0.414. The Hall–Kier alpha value is -1.35. The molecule has 2 aromatic rings. The van der Waals surface area contributed by atoms with E-state index in [1.54, 1.807) is 0 Å². The number of likely N-dealkylation sites (N-methyl/N-ethyl adjacent to an activating group) is 1. The van der Waals surface area contributed by atoms with Gasteiger partial charge in [-0.05, 0) is 46.0 Å². The zero-order valence-electron chi connectivity index (χ0n) is 11.1. The van der Waals surface area contributed by atoms with Gasteiger partial charge in [0, 0.05) is 18.0 Å². The molecule has 0 saturated heterocycles. The smallest absolute Gasteiger partial charge is 0.0688 e. The minimum atomic E-state index is 0.414. The molecule has 3 nitrogen and oxygen atoms in total. The summed E-state index contributed by atoms with van der Waals surface area (Å²) >= 11 is 0. The number of rotatable bonds is 4. The molecule has 0 unspecified atom stereocenters. The highest BCUT2D eigenvalue weighted by molar-refractivity contribution is 5.79. The van der Waals surface area contributed by atoms with E-state index in [0.717, 1.165) is 13.0 Å². The summed E-state index contributed by atoms with van der Waals surface area (Å²) in [6, 6.07) is 7.06. The standard InChI is InChI=1S/C14H21N3/c1-11(2)17-14-9-12(7-8-16(3)4)5-6-13(14)10-15-17/h5-6,9-11H,7-8H2,1-4H3. The maximum Gasteiger partial charge on any atom is 0.0688 e. The van der Waals surface area contributed by atoms with Gasteiger partial charge in [-0.25, -0.2) is 0 Å². The number of fused-ring (bicyclic) bond motifs is 1. The highest BCUT2D eigenvalue weighted by Crippen LogP contribution is 2.19. The van der Waals surface area contributed by atoms with E-state index in [1.165, 1.54) is 16.5 Å². The molecule has 3 heteroatoms. The lowest BCUT2D eigenvalue weighted by molar-refractivity contribution is 0.413. The van der Waals surface area contributed by atoms with Crippen molar-refractivity contribution in [3.63, 3.8) is 0 Å². The van der Waals surface area contributed by atoms with Gasteiger partial charge < -0.3 is 4.90 Å². The highest BCUT2D eigenvalue weighted by atomic mass is 15.3. The van der Waals surface area contributed by atoms with Crippen LogP contribution in [0.25, 0.3) is 10.9 Å². The molecule has 0 aliphatic heterocycles. The number of hydrogen-bond donors (Lipinski definition) is 0. The Kier molecular flexibility index (Phi) is 3.48. The quantitative estimate of drug-likeness (QED) is 0.806. The second kappa shape index (κ2) is 4.88. The molecule has 2 rings (SSSR count). The molecule has 0 aliphatic carbocycles. The molecule has 0 fully saturated rings. The van der Waals surface area contributed by atoms with Gasteiger partial charge in [-0.1, -0.05) is 12.1 Å². The second-order valence-electron chi connectivity index (χ2n) is 5.13. The molecule has 0 atom stereocenters. The van der Waals surface area contributed by atoms with Gasteiger partial charge in [-0.3, -0.25) is 4.68 Å². The van der Waals surface area contributed by atoms with Gasteiger partial charge in [0.05, 0.1) is 11.7 Å². The Morgan fingerprint density at radius 2 is 2.06 bits per heavy atom. The largest absolute Gasteiger partial charge is 0.309 e. The van der Waals surface area contributed by atoms with E-state index in [0.29, 0.717) is 6.04 Å². The van der Waals surface area contributed by atoms with Gasteiger partial charge in [0.2, 0.25) is 0 Å². The fourth-order valence-electron chi connectivity index (χ4n) is 2.00. The monoisotopic (exact) mass is 231 g/mol. The summed E-state index contributed by atoms with van der Waals surface area (Å²) in [5.74, 6) is 0. The van der Waals surface area contributed by atoms with Crippen molar-refractivity contribution >= 4 is 10.9 Å². The van der Waals surface area contributed by atoms with Crippen LogP contribution in [0.3, 0.4) is 0 Å². The molecule has 1 aromatic heterocycles. The molecule has 17 heavy (non-hydrogen) atoms. The van der Waals surface area contributed by atoms with Crippen LogP contribution in [0.2, 0.25) is 0 Å². The summed E-state index contributed by atoms with van der Waals surface area (Å²) in [6.07, 6.45) is 3.04. The lowest BCUT2D eigenvalue weighted by Gasteiger charge is -2.11. The van der Waals surface area contributed by atoms with Gasteiger partial charge in [0.15, 0.2) is 0 Å². The molecule has 0 saturated carbocycles. The Morgan fingerprint density at radius 3 is 2.71 bits per heavy atom. The first-order valence-corrected chi connectivity index (χ1v) is 6.19. The van der Waals surface area contributed by atoms with E-state index in [1.807, 2.05) is 6.20 Å². The zero-order chi connectivity index (χ0) is 12.4. The van der Waals surface area contributed by atoms with E-state index >= 15 is 0 Å². The topological polar surface area (TPSA) is 21.1 Å². The van der Waals surface area contributed by atoms with Crippen molar-refractivity contribution in [3.05, 3.63) is 30.0 Å².